The van der Waals surface area contributed by atoms with Crippen molar-refractivity contribution < 1.29 is 9.59 Å². The van der Waals surface area contributed by atoms with Crippen molar-refractivity contribution in [2.24, 2.45) is 11.7 Å². The highest BCUT2D eigenvalue weighted by Gasteiger charge is 2.35. The molecule has 22 heavy (non-hydrogen) atoms. The number of unbranched alkanes of at least 4 members (excludes halogenated alkanes) is 1. The van der Waals surface area contributed by atoms with Crippen LogP contribution in [0.2, 0.25) is 0 Å². The number of hydrogen-bond donors (Lipinski definition) is 2. The van der Waals surface area contributed by atoms with E-state index in [1.54, 1.807) is 0 Å². The molecule has 1 heterocycles. The van der Waals surface area contributed by atoms with Gasteiger partial charge in [-0.2, -0.15) is 0 Å². The van der Waals surface area contributed by atoms with E-state index in [2.05, 4.69) is 12.2 Å². The molecule has 0 aliphatic carbocycles. The largest absolute Gasteiger partial charge is 0.356 e. The molecule has 0 spiro atoms. The summed E-state index contributed by atoms with van der Waals surface area (Å²) in [5, 5.41) is 2.98. The number of rotatable bonds is 7. The Kier molecular flexibility index (Phi) is 9.69. The number of halogens is 1. The fraction of sp³-hybridized carbons (Fsp3) is 0.875. The van der Waals surface area contributed by atoms with E-state index < -0.39 is 5.54 Å². The maximum atomic E-state index is 12.4. The highest BCUT2D eigenvalue weighted by Crippen LogP contribution is 2.21. The lowest BCUT2D eigenvalue weighted by Crippen LogP contribution is -2.55. The van der Waals surface area contributed by atoms with Crippen molar-refractivity contribution in [3.63, 3.8) is 0 Å². The summed E-state index contributed by atoms with van der Waals surface area (Å²) in [5.74, 6) is 0.204. The number of nitrogens with two attached hydrogens (primary N) is 1. The third-order valence-electron chi connectivity index (χ3n) is 4.24. The average Bonchev–Trinajstić information content (AvgIpc) is 2.46. The zero-order chi connectivity index (χ0) is 15.9. The summed E-state index contributed by atoms with van der Waals surface area (Å²) in [6.07, 6.45) is 5.18. The van der Waals surface area contributed by atoms with Gasteiger partial charge in [-0.25, -0.2) is 0 Å². The summed E-state index contributed by atoms with van der Waals surface area (Å²) >= 11 is 0. The van der Waals surface area contributed by atoms with Crippen LogP contribution in [-0.4, -0.2) is 41.9 Å². The van der Waals surface area contributed by atoms with Crippen LogP contribution in [0, 0.1) is 5.92 Å². The fourth-order valence-corrected chi connectivity index (χ4v) is 2.86. The lowest BCUT2D eigenvalue weighted by molar-refractivity contribution is -0.140. The smallest absolute Gasteiger partial charge is 0.242 e. The molecule has 1 unspecified atom stereocenters. The normalized spacial score (nSPS) is 18.3. The number of nitrogens with one attached hydrogen (secondary N) is 1. The SMILES string of the molecule is CCCCNC(=O)C1CCN(C(=O)C(C)(N)CCC)CC1.Cl. The van der Waals surface area contributed by atoms with Gasteiger partial charge >= 0.3 is 0 Å². The van der Waals surface area contributed by atoms with Gasteiger partial charge in [-0.1, -0.05) is 26.7 Å². The minimum absolute atomic E-state index is 0. The second-order valence-corrected chi connectivity index (χ2v) is 6.38. The standard InChI is InChI=1S/C16H31N3O2.ClH/c1-4-6-10-18-14(20)13-7-11-19(12-8-13)15(21)16(3,17)9-5-2;/h13H,4-12,17H2,1-3H3,(H,18,20);1H. The number of piperidine rings is 1. The Morgan fingerprint density at radius 2 is 1.82 bits per heavy atom. The molecule has 6 heteroatoms. The molecule has 1 aliphatic rings. The molecule has 1 fully saturated rings. The Labute approximate surface area is 140 Å². The predicted octanol–water partition coefficient (Wildman–Crippen LogP) is 2.08. The van der Waals surface area contributed by atoms with E-state index in [-0.39, 0.29) is 30.1 Å². The first kappa shape index (κ1) is 21.2. The molecule has 1 saturated heterocycles. The van der Waals surface area contributed by atoms with Crippen LogP contribution < -0.4 is 11.1 Å². The first-order valence-electron chi connectivity index (χ1n) is 8.28. The van der Waals surface area contributed by atoms with Crippen LogP contribution in [0.25, 0.3) is 0 Å². The summed E-state index contributed by atoms with van der Waals surface area (Å²) in [5.41, 5.74) is 5.33. The zero-order valence-corrected chi connectivity index (χ0v) is 15.0. The number of amides is 2. The van der Waals surface area contributed by atoms with Crippen molar-refractivity contribution in [2.75, 3.05) is 19.6 Å². The number of hydrogen-bond acceptors (Lipinski definition) is 3. The summed E-state index contributed by atoms with van der Waals surface area (Å²) in [6, 6.07) is 0. The molecule has 0 aromatic rings. The molecule has 0 aromatic carbocycles. The molecule has 1 rings (SSSR count). The van der Waals surface area contributed by atoms with Gasteiger partial charge in [0.25, 0.3) is 0 Å². The van der Waals surface area contributed by atoms with Gasteiger partial charge in [0.05, 0.1) is 5.54 Å². The molecule has 3 N–H and O–H groups in total. The van der Waals surface area contributed by atoms with Gasteiger partial charge < -0.3 is 16.0 Å². The maximum Gasteiger partial charge on any atom is 0.242 e. The van der Waals surface area contributed by atoms with Crippen LogP contribution in [-0.2, 0) is 9.59 Å². The molecule has 5 nitrogen and oxygen atoms in total. The van der Waals surface area contributed by atoms with Gasteiger partial charge in [0, 0.05) is 25.6 Å². The minimum Gasteiger partial charge on any atom is -0.356 e. The number of carbonyl (C=O) groups is 2. The summed E-state index contributed by atoms with van der Waals surface area (Å²) in [6.45, 7) is 7.98. The summed E-state index contributed by atoms with van der Waals surface area (Å²) in [4.78, 5) is 26.2. The molecule has 0 saturated carbocycles. The van der Waals surface area contributed by atoms with E-state index in [1.807, 2.05) is 18.7 Å². The summed E-state index contributed by atoms with van der Waals surface area (Å²) < 4.78 is 0. The van der Waals surface area contributed by atoms with Gasteiger partial charge in [-0.3, -0.25) is 9.59 Å². The van der Waals surface area contributed by atoms with Gasteiger partial charge in [-0.15, -0.1) is 12.4 Å². The third kappa shape index (κ3) is 6.13. The van der Waals surface area contributed by atoms with Gasteiger partial charge in [0.2, 0.25) is 11.8 Å². The number of likely N-dealkylation sites (tertiary alicyclic amines) is 1. The van der Waals surface area contributed by atoms with Crippen molar-refractivity contribution in [1.29, 1.82) is 0 Å². The van der Waals surface area contributed by atoms with Crippen LogP contribution in [0.5, 0.6) is 0 Å². The Balaban J connectivity index is 0.00000441. The molecule has 1 atom stereocenters. The minimum atomic E-state index is -0.773. The van der Waals surface area contributed by atoms with Gasteiger partial charge in [0.15, 0.2) is 0 Å². The second kappa shape index (κ2) is 10.1. The van der Waals surface area contributed by atoms with Crippen molar-refractivity contribution in [2.45, 2.75) is 64.8 Å². The van der Waals surface area contributed by atoms with E-state index in [4.69, 9.17) is 5.73 Å². The lowest BCUT2D eigenvalue weighted by Gasteiger charge is -2.36. The van der Waals surface area contributed by atoms with E-state index in [0.29, 0.717) is 19.5 Å². The van der Waals surface area contributed by atoms with Crippen LogP contribution >= 0.6 is 12.4 Å². The highest BCUT2D eigenvalue weighted by atomic mass is 35.5. The van der Waals surface area contributed by atoms with Crippen LogP contribution in [0.3, 0.4) is 0 Å². The first-order valence-corrected chi connectivity index (χ1v) is 8.28. The van der Waals surface area contributed by atoms with E-state index >= 15 is 0 Å². The van der Waals surface area contributed by atoms with Gasteiger partial charge in [-0.05, 0) is 32.6 Å². The summed E-state index contributed by atoms with van der Waals surface area (Å²) in [7, 11) is 0. The zero-order valence-electron chi connectivity index (χ0n) is 14.2. The molecule has 1 aliphatic heterocycles. The Bertz CT molecular complexity index is 353. The van der Waals surface area contributed by atoms with E-state index in [1.165, 1.54) is 0 Å². The maximum absolute atomic E-state index is 12.4. The first-order chi connectivity index (χ1) is 9.92. The highest BCUT2D eigenvalue weighted by molar-refractivity contribution is 5.86. The molecular formula is C16H32ClN3O2. The van der Waals surface area contributed by atoms with Crippen LogP contribution in [0.4, 0.5) is 0 Å². The predicted molar refractivity (Wildman–Crippen MR) is 92.0 cm³/mol. The molecule has 0 aromatic heterocycles. The van der Waals surface area contributed by atoms with Crippen molar-refractivity contribution in [3.8, 4) is 0 Å². The second-order valence-electron chi connectivity index (χ2n) is 6.38. The Hall–Kier alpha value is -0.810. The van der Waals surface area contributed by atoms with Crippen LogP contribution in [0.1, 0.15) is 59.3 Å². The molecule has 0 radical (unpaired) electrons. The van der Waals surface area contributed by atoms with E-state index in [9.17, 15) is 9.59 Å². The van der Waals surface area contributed by atoms with Crippen molar-refractivity contribution >= 4 is 24.2 Å². The number of nitrogens with zero attached hydrogens (tertiary/aromatic N) is 1. The van der Waals surface area contributed by atoms with Crippen molar-refractivity contribution in [1.82, 2.24) is 10.2 Å². The topological polar surface area (TPSA) is 75.4 Å². The lowest BCUT2D eigenvalue weighted by atomic mass is 9.91. The molecule has 0 bridgehead atoms. The Morgan fingerprint density at radius 3 is 2.32 bits per heavy atom. The Morgan fingerprint density at radius 1 is 1.23 bits per heavy atom. The van der Waals surface area contributed by atoms with Crippen molar-refractivity contribution in [3.05, 3.63) is 0 Å². The van der Waals surface area contributed by atoms with Crippen LogP contribution in [0.15, 0.2) is 0 Å². The molecule has 130 valence electrons. The van der Waals surface area contributed by atoms with E-state index in [0.717, 1.165) is 38.6 Å². The van der Waals surface area contributed by atoms with Gasteiger partial charge in [0.1, 0.15) is 0 Å². The molecular weight excluding hydrogens is 302 g/mol. The number of carbonyl (C=O) groups excluding carboxylic acids is 2. The fourth-order valence-electron chi connectivity index (χ4n) is 2.86. The molecule has 2 amide bonds. The third-order valence-corrected chi connectivity index (χ3v) is 4.24. The quantitative estimate of drug-likeness (QED) is 0.700. The average molecular weight is 334 g/mol. The monoisotopic (exact) mass is 333 g/mol.